The number of rotatable bonds is 6. The summed E-state index contributed by atoms with van der Waals surface area (Å²) < 4.78 is 10.1. The van der Waals surface area contributed by atoms with Crippen LogP contribution in [0.25, 0.3) is 0 Å². The van der Waals surface area contributed by atoms with Gasteiger partial charge in [-0.1, -0.05) is 6.07 Å². The quantitative estimate of drug-likeness (QED) is 0.667. The summed E-state index contributed by atoms with van der Waals surface area (Å²) in [6.07, 6.45) is 0.192. The Labute approximate surface area is 132 Å². The highest BCUT2D eigenvalue weighted by Gasteiger charge is 2.43. The molecular formula is C15H18N2O6. The van der Waals surface area contributed by atoms with Crippen LogP contribution in [0.15, 0.2) is 24.3 Å². The van der Waals surface area contributed by atoms with Gasteiger partial charge in [-0.05, 0) is 18.2 Å². The van der Waals surface area contributed by atoms with Crippen molar-refractivity contribution in [2.45, 2.75) is 12.0 Å². The Bertz CT molecular complexity index is 610. The van der Waals surface area contributed by atoms with E-state index in [9.17, 15) is 19.5 Å². The Hall–Kier alpha value is -2.61. The SMILES string of the molecule is COc1cccc(C(=O)NCC(=O)NC2(C(=O)O)CCOC2)c1. The van der Waals surface area contributed by atoms with Crippen LogP contribution in [0, 0.1) is 0 Å². The molecule has 0 aliphatic carbocycles. The van der Waals surface area contributed by atoms with Crippen molar-refractivity contribution in [3.63, 3.8) is 0 Å². The van der Waals surface area contributed by atoms with Crippen molar-refractivity contribution >= 4 is 17.8 Å². The van der Waals surface area contributed by atoms with E-state index in [1.165, 1.54) is 13.2 Å². The molecular weight excluding hydrogens is 304 g/mol. The van der Waals surface area contributed by atoms with Crippen LogP contribution in [0.5, 0.6) is 5.75 Å². The van der Waals surface area contributed by atoms with E-state index in [-0.39, 0.29) is 26.2 Å². The standard InChI is InChI=1S/C15H18N2O6/c1-22-11-4-2-3-10(7-11)13(19)16-8-12(18)17-15(14(20)21)5-6-23-9-15/h2-4,7H,5-6,8-9H2,1H3,(H,16,19)(H,17,18)(H,20,21). The minimum Gasteiger partial charge on any atom is -0.497 e. The summed E-state index contributed by atoms with van der Waals surface area (Å²) in [5.41, 5.74) is -1.08. The van der Waals surface area contributed by atoms with Gasteiger partial charge in [-0.3, -0.25) is 9.59 Å². The third-order valence-corrected chi connectivity index (χ3v) is 3.55. The molecule has 8 nitrogen and oxygen atoms in total. The van der Waals surface area contributed by atoms with Gasteiger partial charge in [0.05, 0.1) is 20.3 Å². The zero-order valence-corrected chi connectivity index (χ0v) is 12.6. The maximum absolute atomic E-state index is 12.0. The Morgan fingerprint density at radius 3 is 2.78 bits per heavy atom. The fourth-order valence-electron chi connectivity index (χ4n) is 2.22. The zero-order chi connectivity index (χ0) is 16.9. The number of amides is 2. The predicted octanol–water partition coefficient (Wildman–Crippen LogP) is -0.215. The fourth-order valence-corrected chi connectivity index (χ4v) is 2.22. The first kappa shape index (κ1) is 16.8. The van der Waals surface area contributed by atoms with Crippen molar-refractivity contribution < 1.29 is 29.0 Å². The molecule has 124 valence electrons. The summed E-state index contributed by atoms with van der Waals surface area (Å²) in [5.74, 6) is -1.67. The lowest BCUT2D eigenvalue weighted by atomic mass is 9.99. The van der Waals surface area contributed by atoms with Gasteiger partial charge in [0.2, 0.25) is 5.91 Å². The minimum atomic E-state index is -1.42. The monoisotopic (exact) mass is 322 g/mol. The maximum Gasteiger partial charge on any atom is 0.331 e. The van der Waals surface area contributed by atoms with Crippen molar-refractivity contribution in [2.24, 2.45) is 0 Å². The van der Waals surface area contributed by atoms with Gasteiger partial charge in [0, 0.05) is 18.6 Å². The van der Waals surface area contributed by atoms with Crippen molar-refractivity contribution in [2.75, 3.05) is 26.9 Å². The molecule has 1 aliphatic rings. The van der Waals surface area contributed by atoms with Crippen LogP contribution >= 0.6 is 0 Å². The molecule has 0 radical (unpaired) electrons. The molecule has 0 aromatic heterocycles. The van der Waals surface area contributed by atoms with Crippen LogP contribution in [0.3, 0.4) is 0 Å². The number of hydrogen-bond donors (Lipinski definition) is 3. The average molecular weight is 322 g/mol. The highest BCUT2D eigenvalue weighted by molar-refractivity contribution is 5.97. The molecule has 1 fully saturated rings. The minimum absolute atomic E-state index is 0.0854. The Kier molecular flexibility index (Phi) is 5.17. The molecule has 0 saturated carbocycles. The first-order valence-electron chi connectivity index (χ1n) is 7.01. The smallest absolute Gasteiger partial charge is 0.331 e. The first-order valence-corrected chi connectivity index (χ1v) is 7.01. The molecule has 0 spiro atoms. The topological polar surface area (TPSA) is 114 Å². The zero-order valence-electron chi connectivity index (χ0n) is 12.6. The number of benzene rings is 1. The van der Waals surface area contributed by atoms with Gasteiger partial charge in [-0.2, -0.15) is 0 Å². The summed E-state index contributed by atoms with van der Waals surface area (Å²) in [6, 6.07) is 6.47. The number of nitrogens with one attached hydrogen (secondary N) is 2. The summed E-state index contributed by atoms with van der Waals surface area (Å²) in [4.78, 5) is 35.2. The largest absolute Gasteiger partial charge is 0.497 e. The summed E-state index contributed by atoms with van der Waals surface area (Å²) in [6.45, 7) is -0.147. The number of carbonyl (C=O) groups is 3. The molecule has 1 saturated heterocycles. The van der Waals surface area contributed by atoms with Gasteiger partial charge in [0.25, 0.3) is 5.91 Å². The molecule has 1 heterocycles. The van der Waals surface area contributed by atoms with E-state index in [1.54, 1.807) is 18.2 Å². The second kappa shape index (κ2) is 7.10. The van der Waals surface area contributed by atoms with Crippen molar-refractivity contribution in [1.29, 1.82) is 0 Å². The van der Waals surface area contributed by atoms with Crippen molar-refractivity contribution in [3.8, 4) is 5.75 Å². The molecule has 2 amide bonds. The van der Waals surface area contributed by atoms with Gasteiger partial charge >= 0.3 is 5.97 Å². The number of aliphatic carboxylic acids is 1. The highest BCUT2D eigenvalue weighted by Crippen LogP contribution is 2.18. The number of ether oxygens (including phenoxy) is 2. The predicted molar refractivity (Wildman–Crippen MR) is 79.3 cm³/mol. The van der Waals surface area contributed by atoms with E-state index in [1.807, 2.05) is 0 Å². The Morgan fingerprint density at radius 1 is 1.39 bits per heavy atom. The molecule has 8 heteroatoms. The first-order chi connectivity index (χ1) is 11.0. The Morgan fingerprint density at radius 2 is 2.17 bits per heavy atom. The number of hydrogen-bond acceptors (Lipinski definition) is 5. The normalized spacial score (nSPS) is 19.9. The van der Waals surface area contributed by atoms with Gasteiger partial charge in [0.15, 0.2) is 5.54 Å². The van der Waals surface area contributed by atoms with Crippen LogP contribution < -0.4 is 15.4 Å². The van der Waals surface area contributed by atoms with E-state index < -0.39 is 23.3 Å². The second-order valence-corrected chi connectivity index (χ2v) is 5.15. The van der Waals surface area contributed by atoms with Gasteiger partial charge in [-0.15, -0.1) is 0 Å². The Balaban J connectivity index is 1.91. The molecule has 3 N–H and O–H groups in total. The molecule has 0 bridgehead atoms. The molecule has 1 atom stereocenters. The second-order valence-electron chi connectivity index (χ2n) is 5.15. The molecule has 2 rings (SSSR count). The van der Waals surface area contributed by atoms with Crippen LogP contribution in [-0.4, -0.2) is 55.3 Å². The number of carboxylic acids is 1. The van der Waals surface area contributed by atoms with Crippen LogP contribution in [0.1, 0.15) is 16.8 Å². The molecule has 1 aromatic carbocycles. The van der Waals surface area contributed by atoms with Crippen molar-refractivity contribution in [1.82, 2.24) is 10.6 Å². The average Bonchev–Trinajstić information content (AvgIpc) is 3.02. The lowest BCUT2D eigenvalue weighted by Crippen LogP contribution is -2.57. The molecule has 1 unspecified atom stereocenters. The molecule has 1 aliphatic heterocycles. The van der Waals surface area contributed by atoms with Crippen LogP contribution in [-0.2, 0) is 14.3 Å². The van der Waals surface area contributed by atoms with Crippen molar-refractivity contribution in [3.05, 3.63) is 29.8 Å². The van der Waals surface area contributed by atoms with Gasteiger partial charge in [-0.25, -0.2) is 4.79 Å². The molecule has 23 heavy (non-hydrogen) atoms. The lowest BCUT2D eigenvalue weighted by molar-refractivity contribution is -0.147. The van der Waals surface area contributed by atoms with E-state index in [0.29, 0.717) is 11.3 Å². The van der Waals surface area contributed by atoms with E-state index in [2.05, 4.69) is 10.6 Å². The number of carbonyl (C=O) groups excluding carboxylic acids is 2. The molecule has 1 aromatic rings. The van der Waals surface area contributed by atoms with Crippen LogP contribution in [0.2, 0.25) is 0 Å². The third kappa shape index (κ3) is 3.98. The van der Waals surface area contributed by atoms with E-state index in [4.69, 9.17) is 9.47 Å². The van der Waals surface area contributed by atoms with Gasteiger partial charge < -0.3 is 25.2 Å². The van der Waals surface area contributed by atoms with E-state index in [0.717, 1.165) is 0 Å². The maximum atomic E-state index is 12.0. The van der Waals surface area contributed by atoms with E-state index >= 15 is 0 Å². The van der Waals surface area contributed by atoms with Crippen LogP contribution in [0.4, 0.5) is 0 Å². The third-order valence-electron chi connectivity index (χ3n) is 3.55. The number of carboxylic acid groups (broad SMARTS) is 1. The fraction of sp³-hybridized carbons (Fsp3) is 0.400. The summed E-state index contributed by atoms with van der Waals surface area (Å²) >= 11 is 0. The highest BCUT2D eigenvalue weighted by atomic mass is 16.5. The number of methoxy groups -OCH3 is 1. The lowest BCUT2D eigenvalue weighted by Gasteiger charge is -2.23. The van der Waals surface area contributed by atoms with Gasteiger partial charge in [0.1, 0.15) is 5.75 Å². The summed E-state index contributed by atoms with van der Waals surface area (Å²) in [7, 11) is 1.49. The summed E-state index contributed by atoms with van der Waals surface area (Å²) in [5, 5.41) is 14.1.